The lowest BCUT2D eigenvalue weighted by atomic mass is 10.3. The van der Waals surface area contributed by atoms with Gasteiger partial charge in [0.15, 0.2) is 5.69 Å². The van der Waals surface area contributed by atoms with E-state index in [2.05, 4.69) is 20.0 Å². The van der Waals surface area contributed by atoms with Gasteiger partial charge in [-0.2, -0.15) is 5.10 Å². The molecule has 0 unspecified atom stereocenters. The summed E-state index contributed by atoms with van der Waals surface area (Å²) in [7, 11) is 0. The highest BCUT2D eigenvalue weighted by Crippen LogP contribution is 2.30. The minimum absolute atomic E-state index is 0.0698. The number of pyridine rings is 1. The number of anilines is 2. The van der Waals surface area contributed by atoms with Gasteiger partial charge >= 0.3 is 0 Å². The standard InChI is InChI=1S/C17H16N6OS/c24-17-16-12(9-22(17)15-8-18-11-25-15)10-23(20-16)13-3-4-14(19-7-13)21-5-1-2-6-21/h3-4,7-8,10-11H,1-2,5-6,9H2. The number of rotatable bonds is 3. The second-order valence-corrected chi connectivity index (χ2v) is 7.11. The van der Waals surface area contributed by atoms with Crippen LogP contribution in [-0.4, -0.2) is 38.7 Å². The molecule has 126 valence electrons. The summed E-state index contributed by atoms with van der Waals surface area (Å²) in [6.07, 6.45) is 7.91. The van der Waals surface area contributed by atoms with Gasteiger partial charge in [0.05, 0.1) is 30.1 Å². The molecule has 8 heteroatoms. The molecule has 0 N–H and O–H groups in total. The van der Waals surface area contributed by atoms with E-state index < -0.39 is 0 Å². The van der Waals surface area contributed by atoms with Gasteiger partial charge in [0.25, 0.3) is 5.91 Å². The van der Waals surface area contributed by atoms with Crippen LogP contribution in [0.4, 0.5) is 10.8 Å². The molecule has 0 aliphatic carbocycles. The van der Waals surface area contributed by atoms with E-state index >= 15 is 0 Å². The van der Waals surface area contributed by atoms with Gasteiger partial charge in [0.1, 0.15) is 10.8 Å². The number of nitrogens with zero attached hydrogens (tertiary/aromatic N) is 6. The lowest BCUT2D eigenvalue weighted by Gasteiger charge is -2.16. The molecule has 1 saturated heterocycles. The van der Waals surface area contributed by atoms with Crippen LogP contribution < -0.4 is 9.80 Å². The molecule has 0 saturated carbocycles. The van der Waals surface area contributed by atoms with Crippen molar-refractivity contribution in [1.29, 1.82) is 0 Å². The first-order valence-electron chi connectivity index (χ1n) is 8.30. The molecule has 1 amide bonds. The van der Waals surface area contributed by atoms with Gasteiger partial charge < -0.3 is 4.90 Å². The van der Waals surface area contributed by atoms with E-state index in [0.717, 1.165) is 35.2 Å². The second kappa shape index (κ2) is 5.66. The fraction of sp³-hybridized carbons (Fsp3) is 0.294. The minimum Gasteiger partial charge on any atom is -0.357 e. The first-order chi connectivity index (χ1) is 12.3. The Morgan fingerprint density at radius 3 is 2.68 bits per heavy atom. The number of aromatic nitrogens is 4. The van der Waals surface area contributed by atoms with Crippen molar-refractivity contribution < 1.29 is 4.79 Å². The van der Waals surface area contributed by atoms with Crippen LogP contribution in [0.1, 0.15) is 28.9 Å². The van der Waals surface area contributed by atoms with Gasteiger partial charge in [-0.3, -0.25) is 14.7 Å². The van der Waals surface area contributed by atoms with Crippen LogP contribution in [0.2, 0.25) is 0 Å². The first-order valence-corrected chi connectivity index (χ1v) is 9.18. The Hall–Kier alpha value is -2.74. The molecule has 1 fully saturated rings. The Labute approximate surface area is 148 Å². The van der Waals surface area contributed by atoms with Gasteiger partial charge in [-0.05, 0) is 25.0 Å². The summed E-state index contributed by atoms with van der Waals surface area (Å²) < 4.78 is 1.74. The lowest BCUT2D eigenvalue weighted by molar-refractivity contribution is 0.0992. The normalized spacial score (nSPS) is 16.7. The zero-order chi connectivity index (χ0) is 16.8. The monoisotopic (exact) mass is 352 g/mol. The number of hydrogen-bond donors (Lipinski definition) is 0. The van der Waals surface area contributed by atoms with Crippen LogP contribution in [0.3, 0.4) is 0 Å². The van der Waals surface area contributed by atoms with Crippen molar-refractivity contribution in [2.24, 2.45) is 0 Å². The lowest BCUT2D eigenvalue weighted by Crippen LogP contribution is -2.23. The van der Waals surface area contributed by atoms with E-state index in [1.54, 1.807) is 21.3 Å². The van der Waals surface area contributed by atoms with Crippen molar-refractivity contribution in [1.82, 2.24) is 19.7 Å². The Bertz CT molecular complexity index is 911. The van der Waals surface area contributed by atoms with Crippen molar-refractivity contribution in [2.45, 2.75) is 19.4 Å². The van der Waals surface area contributed by atoms with Crippen LogP contribution in [-0.2, 0) is 6.54 Å². The van der Waals surface area contributed by atoms with Crippen LogP contribution >= 0.6 is 11.3 Å². The zero-order valence-corrected chi connectivity index (χ0v) is 14.3. The minimum atomic E-state index is -0.0698. The van der Waals surface area contributed by atoms with Gasteiger partial charge in [-0.15, -0.1) is 11.3 Å². The number of thiazole rings is 1. The summed E-state index contributed by atoms with van der Waals surface area (Å²) in [4.78, 5) is 25.2. The largest absolute Gasteiger partial charge is 0.357 e. The Balaban J connectivity index is 1.40. The molecule has 25 heavy (non-hydrogen) atoms. The second-order valence-electron chi connectivity index (χ2n) is 6.25. The number of hydrogen-bond acceptors (Lipinski definition) is 6. The van der Waals surface area contributed by atoms with E-state index in [1.807, 2.05) is 24.5 Å². The quantitative estimate of drug-likeness (QED) is 0.724. The summed E-state index contributed by atoms with van der Waals surface area (Å²) in [6.45, 7) is 2.68. The summed E-state index contributed by atoms with van der Waals surface area (Å²) >= 11 is 1.46. The van der Waals surface area contributed by atoms with E-state index in [1.165, 1.54) is 24.2 Å². The zero-order valence-electron chi connectivity index (χ0n) is 13.5. The number of carbonyl (C=O) groups excluding carboxylic acids is 1. The fourth-order valence-electron chi connectivity index (χ4n) is 3.38. The molecule has 0 spiro atoms. The molecule has 2 aliphatic rings. The summed E-state index contributed by atoms with van der Waals surface area (Å²) in [5.74, 6) is 0.938. The van der Waals surface area contributed by atoms with Crippen molar-refractivity contribution in [3.63, 3.8) is 0 Å². The SMILES string of the molecule is O=C1c2nn(-c3ccc(N4CCCC4)nc3)cc2CN1c1cncs1. The number of carbonyl (C=O) groups is 1. The molecule has 0 radical (unpaired) electrons. The predicted molar refractivity (Wildman–Crippen MR) is 95.4 cm³/mol. The molecular weight excluding hydrogens is 336 g/mol. The van der Waals surface area contributed by atoms with Crippen LogP contribution in [0, 0.1) is 0 Å². The highest BCUT2D eigenvalue weighted by Gasteiger charge is 2.33. The Kier molecular flexibility index (Phi) is 3.30. The van der Waals surface area contributed by atoms with Crippen molar-refractivity contribution in [2.75, 3.05) is 22.9 Å². The van der Waals surface area contributed by atoms with Crippen LogP contribution in [0.15, 0.2) is 36.2 Å². The maximum Gasteiger partial charge on any atom is 0.280 e. The maximum atomic E-state index is 12.6. The van der Waals surface area contributed by atoms with Crippen molar-refractivity contribution in [3.05, 3.63) is 47.5 Å². The van der Waals surface area contributed by atoms with Gasteiger partial charge in [0, 0.05) is 24.8 Å². The summed E-state index contributed by atoms with van der Waals surface area (Å²) in [5, 5.41) is 5.34. The predicted octanol–water partition coefficient (Wildman–Crippen LogP) is 2.48. The molecule has 5 rings (SSSR count). The Morgan fingerprint density at radius 2 is 2.00 bits per heavy atom. The Morgan fingerprint density at radius 1 is 1.12 bits per heavy atom. The average molecular weight is 352 g/mol. The summed E-state index contributed by atoms with van der Waals surface area (Å²) in [5.41, 5.74) is 4.04. The van der Waals surface area contributed by atoms with Gasteiger partial charge in [0.2, 0.25) is 0 Å². The van der Waals surface area contributed by atoms with Crippen molar-refractivity contribution >= 4 is 28.1 Å². The molecule has 3 aromatic rings. The third-order valence-corrected chi connectivity index (χ3v) is 5.47. The first kappa shape index (κ1) is 14.6. The van der Waals surface area contributed by atoms with E-state index in [4.69, 9.17) is 0 Å². The molecule has 5 heterocycles. The summed E-state index contributed by atoms with van der Waals surface area (Å²) in [6, 6.07) is 4.03. The molecular formula is C17H16N6OS. The van der Waals surface area contributed by atoms with Crippen LogP contribution in [0.5, 0.6) is 0 Å². The smallest absolute Gasteiger partial charge is 0.280 e. The molecule has 3 aromatic heterocycles. The van der Waals surface area contributed by atoms with Crippen LogP contribution in [0.25, 0.3) is 5.69 Å². The molecule has 0 aromatic carbocycles. The number of fused-ring (bicyclic) bond motifs is 1. The highest BCUT2D eigenvalue weighted by atomic mass is 32.1. The topological polar surface area (TPSA) is 67.2 Å². The molecule has 0 atom stereocenters. The van der Waals surface area contributed by atoms with E-state index in [0.29, 0.717) is 12.2 Å². The fourth-order valence-corrected chi connectivity index (χ4v) is 4.00. The third kappa shape index (κ3) is 2.41. The number of amides is 1. The molecule has 0 bridgehead atoms. The van der Waals surface area contributed by atoms with E-state index in [-0.39, 0.29) is 5.91 Å². The van der Waals surface area contributed by atoms with E-state index in [9.17, 15) is 4.79 Å². The van der Waals surface area contributed by atoms with Crippen molar-refractivity contribution in [3.8, 4) is 5.69 Å². The maximum absolute atomic E-state index is 12.6. The molecule has 2 aliphatic heterocycles. The van der Waals surface area contributed by atoms with Gasteiger partial charge in [-0.25, -0.2) is 9.67 Å². The van der Waals surface area contributed by atoms with Gasteiger partial charge in [-0.1, -0.05) is 0 Å². The highest BCUT2D eigenvalue weighted by molar-refractivity contribution is 7.14. The average Bonchev–Trinajstić information content (AvgIpc) is 3.42. The molecule has 7 nitrogen and oxygen atoms in total. The third-order valence-electron chi connectivity index (χ3n) is 4.68.